The van der Waals surface area contributed by atoms with Gasteiger partial charge in [0.05, 0.1) is 19.8 Å². The molecule has 1 aliphatic heterocycles. The number of hydrogen-bond acceptors (Lipinski definition) is 5. The Bertz CT molecular complexity index is 861. The molecule has 3 rings (SSSR count). The Kier molecular flexibility index (Phi) is 6.23. The summed E-state index contributed by atoms with van der Waals surface area (Å²) < 4.78 is 5.26. The molecule has 0 radical (unpaired) electrons. The number of carbonyl (C=O) groups excluding carboxylic acids is 3. The first-order valence-corrected chi connectivity index (χ1v) is 8.93. The summed E-state index contributed by atoms with van der Waals surface area (Å²) in [6.45, 7) is 2.34. The maximum absolute atomic E-state index is 12.4. The number of primary amides is 1. The molecule has 1 saturated heterocycles. The zero-order valence-corrected chi connectivity index (χ0v) is 15.3. The van der Waals surface area contributed by atoms with Crippen molar-refractivity contribution in [2.24, 2.45) is 5.73 Å². The highest BCUT2D eigenvalue weighted by molar-refractivity contribution is 5.97. The number of morpholine rings is 1. The highest BCUT2D eigenvalue weighted by Gasteiger charge is 2.18. The third-order valence-electron chi connectivity index (χ3n) is 4.31. The Labute approximate surface area is 162 Å². The summed E-state index contributed by atoms with van der Waals surface area (Å²) in [5.41, 5.74) is 7.37. The van der Waals surface area contributed by atoms with Gasteiger partial charge in [-0.05, 0) is 42.5 Å². The van der Waals surface area contributed by atoms with E-state index in [4.69, 9.17) is 10.5 Å². The molecule has 0 spiro atoms. The third kappa shape index (κ3) is 5.08. The molecule has 0 saturated carbocycles. The monoisotopic (exact) mass is 382 g/mol. The van der Waals surface area contributed by atoms with Gasteiger partial charge in [-0.15, -0.1) is 0 Å². The second-order valence-electron chi connectivity index (χ2n) is 6.33. The van der Waals surface area contributed by atoms with E-state index in [1.165, 1.54) is 6.07 Å². The molecule has 2 aromatic rings. The number of nitrogens with one attached hydrogen (secondary N) is 2. The number of benzene rings is 2. The molecule has 3 amide bonds. The summed E-state index contributed by atoms with van der Waals surface area (Å²) in [6.07, 6.45) is 0. The normalized spacial score (nSPS) is 13.6. The van der Waals surface area contributed by atoms with Crippen LogP contribution in [-0.2, 0) is 9.53 Å². The molecule has 4 N–H and O–H groups in total. The van der Waals surface area contributed by atoms with E-state index >= 15 is 0 Å². The lowest BCUT2D eigenvalue weighted by molar-refractivity contribution is -0.114. The molecular weight excluding hydrogens is 360 g/mol. The van der Waals surface area contributed by atoms with E-state index in [9.17, 15) is 14.4 Å². The van der Waals surface area contributed by atoms with Crippen LogP contribution in [0, 0.1) is 0 Å². The second kappa shape index (κ2) is 9.01. The van der Waals surface area contributed by atoms with Crippen molar-refractivity contribution >= 4 is 29.1 Å². The van der Waals surface area contributed by atoms with Crippen LogP contribution in [0.4, 0.5) is 11.4 Å². The summed E-state index contributed by atoms with van der Waals surface area (Å²) >= 11 is 0. The SMILES string of the molecule is NC(=O)c1cccc(NC(=O)CNc2ccc(C(=O)N3CCOCC3)cc2)c1. The van der Waals surface area contributed by atoms with E-state index in [0.29, 0.717) is 43.1 Å². The number of hydrogen-bond donors (Lipinski definition) is 3. The molecule has 1 fully saturated rings. The van der Waals surface area contributed by atoms with E-state index in [1.54, 1.807) is 47.4 Å². The zero-order chi connectivity index (χ0) is 19.9. The summed E-state index contributed by atoms with van der Waals surface area (Å²) in [7, 11) is 0. The van der Waals surface area contributed by atoms with Gasteiger partial charge in [-0.1, -0.05) is 6.07 Å². The minimum Gasteiger partial charge on any atom is -0.378 e. The van der Waals surface area contributed by atoms with Gasteiger partial charge >= 0.3 is 0 Å². The van der Waals surface area contributed by atoms with Crippen LogP contribution in [0.2, 0.25) is 0 Å². The zero-order valence-electron chi connectivity index (χ0n) is 15.3. The average molecular weight is 382 g/mol. The van der Waals surface area contributed by atoms with Crippen LogP contribution in [0.15, 0.2) is 48.5 Å². The lowest BCUT2D eigenvalue weighted by Crippen LogP contribution is -2.40. The van der Waals surface area contributed by atoms with Crippen molar-refractivity contribution in [3.8, 4) is 0 Å². The minimum atomic E-state index is -0.555. The molecular formula is C20H22N4O4. The molecule has 8 nitrogen and oxygen atoms in total. The first kappa shape index (κ1) is 19.4. The highest BCUT2D eigenvalue weighted by Crippen LogP contribution is 2.13. The number of carbonyl (C=O) groups is 3. The summed E-state index contributed by atoms with van der Waals surface area (Å²) in [4.78, 5) is 37.4. The summed E-state index contributed by atoms with van der Waals surface area (Å²) in [6, 6.07) is 13.4. The minimum absolute atomic E-state index is 0.0260. The van der Waals surface area contributed by atoms with Crippen LogP contribution in [0.5, 0.6) is 0 Å². The summed E-state index contributed by atoms with van der Waals surface area (Å²) in [5, 5.41) is 5.70. The largest absolute Gasteiger partial charge is 0.378 e. The van der Waals surface area contributed by atoms with Gasteiger partial charge in [0.15, 0.2) is 0 Å². The Balaban J connectivity index is 1.51. The van der Waals surface area contributed by atoms with Crippen molar-refractivity contribution in [3.05, 3.63) is 59.7 Å². The van der Waals surface area contributed by atoms with Crippen molar-refractivity contribution in [1.82, 2.24) is 4.90 Å². The molecule has 0 aromatic heterocycles. The topological polar surface area (TPSA) is 114 Å². The molecule has 0 unspecified atom stereocenters. The van der Waals surface area contributed by atoms with E-state index in [0.717, 1.165) is 5.69 Å². The first-order chi connectivity index (χ1) is 13.5. The van der Waals surface area contributed by atoms with Crippen molar-refractivity contribution in [2.75, 3.05) is 43.5 Å². The molecule has 1 heterocycles. The van der Waals surface area contributed by atoms with Crippen molar-refractivity contribution in [1.29, 1.82) is 0 Å². The quantitative estimate of drug-likeness (QED) is 0.697. The molecule has 0 bridgehead atoms. The fraction of sp³-hybridized carbons (Fsp3) is 0.250. The molecule has 0 atom stereocenters. The molecule has 0 aliphatic carbocycles. The predicted octanol–water partition coefficient (Wildman–Crippen LogP) is 1.31. The molecule has 1 aliphatic rings. The first-order valence-electron chi connectivity index (χ1n) is 8.93. The molecule has 146 valence electrons. The maximum atomic E-state index is 12.4. The van der Waals surface area contributed by atoms with Crippen LogP contribution in [-0.4, -0.2) is 55.5 Å². The fourth-order valence-electron chi connectivity index (χ4n) is 2.82. The molecule has 2 aromatic carbocycles. The number of amides is 3. The Morgan fingerprint density at radius 2 is 1.68 bits per heavy atom. The van der Waals surface area contributed by atoms with Gasteiger partial charge in [0.25, 0.3) is 5.91 Å². The Morgan fingerprint density at radius 1 is 0.964 bits per heavy atom. The third-order valence-corrected chi connectivity index (χ3v) is 4.31. The van der Waals surface area contributed by atoms with E-state index in [-0.39, 0.29) is 18.4 Å². The number of ether oxygens (including phenoxy) is 1. The fourth-order valence-corrected chi connectivity index (χ4v) is 2.82. The van der Waals surface area contributed by atoms with Crippen molar-refractivity contribution in [2.45, 2.75) is 0 Å². The number of nitrogens with zero attached hydrogens (tertiary/aromatic N) is 1. The van der Waals surface area contributed by atoms with Gasteiger partial charge < -0.3 is 26.0 Å². The second-order valence-corrected chi connectivity index (χ2v) is 6.33. The van der Waals surface area contributed by atoms with E-state index in [1.807, 2.05) is 0 Å². The number of rotatable bonds is 6. The standard InChI is InChI=1S/C20H22N4O4/c21-19(26)15-2-1-3-17(12-15)23-18(25)13-22-16-6-4-14(5-7-16)20(27)24-8-10-28-11-9-24/h1-7,12,22H,8-11,13H2,(H2,21,26)(H,23,25). The van der Waals surface area contributed by atoms with Gasteiger partial charge in [0.1, 0.15) is 0 Å². The van der Waals surface area contributed by atoms with Crippen molar-refractivity contribution < 1.29 is 19.1 Å². The predicted molar refractivity (Wildman–Crippen MR) is 105 cm³/mol. The summed E-state index contributed by atoms with van der Waals surface area (Å²) in [5.74, 6) is -0.849. The van der Waals surface area contributed by atoms with E-state index in [2.05, 4.69) is 10.6 Å². The smallest absolute Gasteiger partial charge is 0.254 e. The van der Waals surface area contributed by atoms with Gasteiger partial charge in [0.2, 0.25) is 11.8 Å². The Hall–Kier alpha value is -3.39. The number of nitrogens with two attached hydrogens (primary N) is 1. The van der Waals surface area contributed by atoms with Gasteiger partial charge in [-0.2, -0.15) is 0 Å². The lowest BCUT2D eigenvalue weighted by atomic mass is 10.1. The maximum Gasteiger partial charge on any atom is 0.254 e. The van der Waals surface area contributed by atoms with Crippen molar-refractivity contribution in [3.63, 3.8) is 0 Å². The van der Waals surface area contributed by atoms with Crippen LogP contribution < -0.4 is 16.4 Å². The molecule has 28 heavy (non-hydrogen) atoms. The van der Waals surface area contributed by atoms with Crippen LogP contribution >= 0.6 is 0 Å². The molecule has 8 heteroatoms. The number of anilines is 2. The van der Waals surface area contributed by atoms with E-state index < -0.39 is 5.91 Å². The lowest BCUT2D eigenvalue weighted by Gasteiger charge is -2.26. The van der Waals surface area contributed by atoms with Crippen LogP contribution in [0.25, 0.3) is 0 Å². The van der Waals surface area contributed by atoms with Gasteiger partial charge in [0, 0.05) is 35.6 Å². The Morgan fingerprint density at radius 3 is 2.36 bits per heavy atom. The highest BCUT2D eigenvalue weighted by atomic mass is 16.5. The van der Waals surface area contributed by atoms with Gasteiger partial charge in [-0.3, -0.25) is 14.4 Å². The van der Waals surface area contributed by atoms with Crippen LogP contribution in [0.1, 0.15) is 20.7 Å². The van der Waals surface area contributed by atoms with Gasteiger partial charge in [-0.25, -0.2) is 0 Å². The average Bonchev–Trinajstić information content (AvgIpc) is 2.73. The van der Waals surface area contributed by atoms with Crippen LogP contribution in [0.3, 0.4) is 0 Å².